The second kappa shape index (κ2) is 16.8. The lowest BCUT2D eigenvalue weighted by molar-refractivity contribution is -0.296. The zero-order chi connectivity index (χ0) is 38.7. The molecule has 2 aromatic rings. The number of hydrogen-bond acceptors (Lipinski definition) is 21. The minimum atomic E-state index is -5.73. The van der Waals surface area contributed by atoms with E-state index in [0.29, 0.717) is 5.39 Å². The minimum absolute atomic E-state index is 0.0730. The summed E-state index contributed by atoms with van der Waals surface area (Å²) in [5.41, 5.74) is 5.94. The van der Waals surface area contributed by atoms with Gasteiger partial charge in [-0.15, -0.1) is 0 Å². The van der Waals surface area contributed by atoms with Gasteiger partial charge in [-0.3, -0.25) is 23.7 Å². The van der Waals surface area contributed by atoms with E-state index in [2.05, 4.69) is 24.1 Å². The summed E-state index contributed by atoms with van der Waals surface area (Å²) in [5.74, 6) is -4.11. The molecule has 0 spiro atoms. The first kappa shape index (κ1) is 41.4. The van der Waals surface area contributed by atoms with Crippen molar-refractivity contribution >= 4 is 67.1 Å². The molecule has 290 valence electrons. The summed E-state index contributed by atoms with van der Waals surface area (Å²) in [4.78, 5) is 76.4. The third-order valence-electron chi connectivity index (χ3n) is 7.08. The third kappa shape index (κ3) is 10.2. The van der Waals surface area contributed by atoms with Crippen LogP contribution < -0.4 is 5.73 Å². The van der Waals surface area contributed by atoms with Crippen LogP contribution in [0.3, 0.4) is 0 Å². The number of alkyl halides is 1. The molecule has 0 radical (unpaired) electrons. The summed E-state index contributed by atoms with van der Waals surface area (Å²) in [7, 11) is -5.73. The zero-order valence-electron chi connectivity index (χ0n) is 27.4. The van der Waals surface area contributed by atoms with Gasteiger partial charge in [-0.1, -0.05) is 0 Å². The van der Waals surface area contributed by atoms with Crippen LogP contribution in [0, 0.1) is 0 Å². The first-order valence-electron chi connectivity index (χ1n) is 14.8. The lowest BCUT2D eigenvalue weighted by atomic mass is 9.95. The quantitative estimate of drug-likeness (QED) is 0.0852. The number of phosphoric acid groups is 1. The van der Waals surface area contributed by atoms with E-state index in [1.54, 1.807) is 0 Å². The van der Waals surface area contributed by atoms with Crippen molar-refractivity contribution in [3.8, 4) is 0 Å². The Hall–Kier alpha value is -3.32. The van der Waals surface area contributed by atoms with E-state index >= 15 is 4.39 Å². The van der Waals surface area contributed by atoms with Crippen molar-refractivity contribution in [1.82, 2.24) is 19.7 Å². The van der Waals surface area contributed by atoms with Gasteiger partial charge in [0.25, 0.3) is 0 Å². The number of phosphoric ester groups is 1. The molecule has 0 aromatic carbocycles. The highest BCUT2D eigenvalue weighted by molar-refractivity contribution is 8.08. The number of carbonyl (C=O) groups excluding carboxylic acids is 4. The van der Waals surface area contributed by atoms with Crippen LogP contribution in [-0.4, -0.2) is 132 Å². The standard InChI is InChI=1S/C25H34FN5O18P2S/c1-9(32)41-6-14(26)18-19(43-10(2)33)20(44-11(3)34)21(45-12(4)35)25(47-18)48-50(38,39)49-51(40,52)42-7-15-16(36)17(37)24(46-15)31-23-13(5-30-31)22(27)28-8-29-23/h5,8,14-21,24-25,36-37H,6-7H2,1-4H3,(H,38,39)(H,40,52)(H2,27,28,29)/t14-,15?,16?,17?,18?,19?,20?,21?,24?,25?,51?/m0/s1. The van der Waals surface area contributed by atoms with Gasteiger partial charge in [-0.05, 0) is 11.8 Å². The van der Waals surface area contributed by atoms with Crippen molar-refractivity contribution in [2.75, 3.05) is 18.9 Å². The molecule has 2 aliphatic rings. The van der Waals surface area contributed by atoms with E-state index in [-0.39, 0.29) is 11.5 Å². The van der Waals surface area contributed by atoms with Crippen molar-refractivity contribution in [3.63, 3.8) is 0 Å². The van der Waals surface area contributed by atoms with Gasteiger partial charge in [0.1, 0.15) is 43.2 Å². The topological polar surface area (TPSA) is 319 Å². The third-order valence-corrected chi connectivity index (χ3v) is 10.6. The molecule has 2 aliphatic heterocycles. The predicted octanol–water partition coefficient (Wildman–Crippen LogP) is -1.18. The SMILES string of the molecule is CC(=O)OC[C@H](F)C1OC(OP(=O)(O)OP(O)(=S)OCC2OC(n3ncc4c(N)ncnc43)C(O)C2O)C(OC(C)=O)C(OC(C)=O)C1OC(C)=O. The van der Waals surface area contributed by atoms with E-state index in [0.717, 1.165) is 38.7 Å². The second-order valence-electron chi connectivity index (χ2n) is 11.1. The van der Waals surface area contributed by atoms with Crippen molar-refractivity contribution in [2.24, 2.45) is 0 Å². The monoisotopic (exact) mass is 805 g/mol. The molecule has 0 saturated carbocycles. The smallest absolute Gasteiger partial charge is 0.463 e. The molecule has 6 N–H and O–H groups in total. The number of fused-ring (bicyclic) bond motifs is 1. The first-order chi connectivity index (χ1) is 24.2. The van der Waals surface area contributed by atoms with Crippen molar-refractivity contribution in [3.05, 3.63) is 12.5 Å². The number of nitrogen functional groups attached to an aromatic ring is 1. The Morgan fingerprint density at radius 2 is 1.60 bits per heavy atom. The average molecular weight is 806 g/mol. The van der Waals surface area contributed by atoms with E-state index in [1.807, 2.05) is 0 Å². The van der Waals surface area contributed by atoms with Gasteiger partial charge < -0.3 is 58.7 Å². The summed E-state index contributed by atoms with van der Waals surface area (Å²) >= 11 is 4.82. The molecule has 4 heterocycles. The Morgan fingerprint density at radius 1 is 0.981 bits per heavy atom. The number of aromatic nitrogens is 4. The summed E-state index contributed by atoms with van der Waals surface area (Å²) in [6.45, 7) is -3.13. The van der Waals surface area contributed by atoms with Crippen LogP contribution in [0.4, 0.5) is 10.2 Å². The van der Waals surface area contributed by atoms with Crippen LogP contribution in [0.15, 0.2) is 12.5 Å². The largest absolute Gasteiger partial charge is 0.481 e. The molecular formula is C25H34FN5O18P2S. The summed E-state index contributed by atoms with van der Waals surface area (Å²) in [6.07, 6.45) is -16.5. The van der Waals surface area contributed by atoms with Crippen molar-refractivity contribution < 1.29 is 89.9 Å². The average Bonchev–Trinajstić information content (AvgIpc) is 3.57. The lowest BCUT2D eigenvalue weighted by Gasteiger charge is -2.44. The van der Waals surface area contributed by atoms with Crippen molar-refractivity contribution in [2.45, 2.75) is 89.1 Å². The number of esters is 4. The molecule has 27 heteroatoms. The van der Waals surface area contributed by atoms with E-state index in [4.69, 9.17) is 50.3 Å². The summed E-state index contributed by atoms with van der Waals surface area (Å²) in [6, 6.07) is 0. The highest BCUT2D eigenvalue weighted by Crippen LogP contribution is 2.62. The highest BCUT2D eigenvalue weighted by Gasteiger charge is 2.57. The van der Waals surface area contributed by atoms with Crippen LogP contribution in [0.5, 0.6) is 0 Å². The number of aliphatic hydroxyl groups is 2. The van der Waals surface area contributed by atoms with Gasteiger partial charge in [0.15, 0.2) is 36.4 Å². The molecular weight excluding hydrogens is 771 g/mol. The molecule has 2 fully saturated rings. The number of halogens is 1. The Bertz CT molecular complexity index is 1760. The van der Waals surface area contributed by atoms with Gasteiger partial charge in [0, 0.05) is 27.7 Å². The maximum Gasteiger partial charge on any atom is 0.481 e. The van der Waals surface area contributed by atoms with Gasteiger partial charge in [0.2, 0.25) is 6.29 Å². The van der Waals surface area contributed by atoms with E-state index in [9.17, 15) is 43.7 Å². The lowest BCUT2D eigenvalue weighted by Crippen LogP contribution is -2.64. The Balaban J connectivity index is 1.52. The number of nitrogens with two attached hydrogens (primary N) is 1. The van der Waals surface area contributed by atoms with Crippen LogP contribution >= 0.6 is 14.5 Å². The van der Waals surface area contributed by atoms with Crippen LogP contribution in [0.2, 0.25) is 0 Å². The number of anilines is 1. The Labute approximate surface area is 297 Å². The van der Waals surface area contributed by atoms with Crippen molar-refractivity contribution in [1.29, 1.82) is 0 Å². The molecule has 12 atom stereocenters. The fourth-order valence-electron chi connectivity index (χ4n) is 5.08. The summed E-state index contributed by atoms with van der Waals surface area (Å²) < 4.78 is 75.5. The predicted molar refractivity (Wildman–Crippen MR) is 167 cm³/mol. The number of aliphatic hydroxyl groups excluding tert-OH is 2. The maximum absolute atomic E-state index is 15.4. The number of hydrogen-bond donors (Lipinski definition) is 5. The van der Waals surface area contributed by atoms with E-state index < -0.39 is 113 Å². The molecule has 52 heavy (non-hydrogen) atoms. The number of carbonyl (C=O) groups is 4. The van der Waals surface area contributed by atoms with Crippen LogP contribution in [-0.2, 0) is 77.3 Å². The number of rotatable bonds is 14. The number of ether oxygens (including phenoxy) is 6. The Morgan fingerprint density at radius 3 is 2.21 bits per heavy atom. The molecule has 0 amide bonds. The van der Waals surface area contributed by atoms with Crippen LogP contribution in [0.1, 0.15) is 33.9 Å². The van der Waals surface area contributed by atoms with Crippen LogP contribution in [0.25, 0.3) is 11.0 Å². The minimum Gasteiger partial charge on any atom is -0.463 e. The van der Waals surface area contributed by atoms with Gasteiger partial charge in [-0.25, -0.2) is 27.9 Å². The van der Waals surface area contributed by atoms with E-state index in [1.165, 1.54) is 6.20 Å². The molecule has 0 bridgehead atoms. The zero-order valence-corrected chi connectivity index (χ0v) is 30.0. The molecule has 2 aromatic heterocycles. The normalized spacial score (nSPS) is 30.4. The first-order valence-corrected chi connectivity index (χ1v) is 18.9. The van der Waals surface area contributed by atoms with Gasteiger partial charge >= 0.3 is 38.4 Å². The molecule has 23 nitrogen and oxygen atoms in total. The molecule has 2 saturated heterocycles. The highest BCUT2D eigenvalue weighted by atomic mass is 32.5. The summed E-state index contributed by atoms with van der Waals surface area (Å²) in [5, 5.41) is 25.6. The maximum atomic E-state index is 15.4. The fraction of sp³-hybridized carbons (Fsp3) is 0.640. The molecule has 11 unspecified atom stereocenters. The Kier molecular flexibility index (Phi) is 13.4. The fourth-order valence-corrected chi connectivity index (χ4v) is 8.17. The van der Waals surface area contributed by atoms with Gasteiger partial charge in [-0.2, -0.15) is 5.10 Å². The number of nitrogens with zero attached hydrogens (tertiary/aromatic N) is 4. The second-order valence-corrected chi connectivity index (χ2v) is 15.4. The molecule has 0 aliphatic carbocycles. The molecule has 4 rings (SSSR count). The van der Waals surface area contributed by atoms with Gasteiger partial charge in [0.05, 0.1) is 18.2 Å².